The van der Waals surface area contributed by atoms with E-state index in [2.05, 4.69) is 20.9 Å². The number of aromatic nitrogens is 1. The minimum atomic E-state index is 0.411. The maximum absolute atomic E-state index is 10.0. The monoisotopic (exact) mass is 283 g/mol. The van der Waals surface area contributed by atoms with Gasteiger partial charge in [0.15, 0.2) is 0 Å². The van der Waals surface area contributed by atoms with Crippen LogP contribution < -0.4 is 0 Å². The average Bonchev–Trinajstić information content (AvgIpc) is 2.96. The van der Waals surface area contributed by atoms with E-state index in [9.17, 15) is 5.11 Å². The molecule has 15 heavy (non-hydrogen) atoms. The van der Waals surface area contributed by atoms with E-state index in [4.69, 9.17) is 0 Å². The Labute approximate surface area is 100 Å². The van der Waals surface area contributed by atoms with E-state index < -0.39 is 0 Å². The molecule has 0 amide bonds. The fraction of sp³-hybridized carbons (Fsp3) is 0.364. The number of aromatic hydroxyl groups is 1. The number of aryl methyl sites for hydroxylation is 1. The molecule has 78 valence electrons. The fourth-order valence-corrected chi connectivity index (χ4v) is 3.36. The van der Waals surface area contributed by atoms with Crippen molar-refractivity contribution in [2.45, 2.75) is 25.7 Å². The Hall–Kier alpha value is -0.610. The van der Waals surface area contributed by atoms with Gasteiger partial charge in [0, 0.05) is 5.56 Å². The average molecular weight is 284 g/mol. The highest BCUT2D eigenvalue weighted by molar-refractivity contribution is 9.10. The molecule has 0 radical (unpaired) electrons. The summed E-state index contributed by atoms with van der Waals surface area (Å²) in [6.07, 6.45) is 2.38. The van der Waals surface area contributed by atoms with Crippen molar-refractivity contribution in [2.75, 3.05) is 0 Å². The molecule has 1 heterocycles. The van der Waals surface area contributed by atoms with Crippen LogP contribution >= 0.6 is 27.3 Å². The topological polar surface area (TPSA) is 33.1 Å². The van der Waals surface area contributed by atoms with Crippen molar-refractivity contribution < 1.29 is 5.11 Å². The number of hydrogen-bond donors (Lipinski definition) is 1. The molecule has 0 spiro atoms. The first-order valence-corrected chi connectivity index (χ1v) is 6.56. The van der Waals surface area contributed by atoms with Gasteiger partial charge in [0.1, 0.15) is 5.75 Å². The van der Waals surface area contributed by atoms with E-state index >= 15 is 0 Å². The smallest absolute Gasteiger partial charge is 0.134 e. The van der Waals surface area contributed by atoms with Gasteiger partial charge in [-0.15, -0.1) is 11.3 Å². The zero-order chi connectivity index (χ0) is 10.6. The van der Waals surface area contributed by atoms with Crippen LogP contribution in [0.15, 0.2) is 10.5 Å². The number of hydrogen-bond acceptors (Lipinski definition) is 3. The maximum atomic E-state index is 10.0. The van der Waals surface area contributed by atoms with Gasteiger partial charge < -0.3 is 5.11 Å². The van der Waals surface area contributed by atoms with Crippen LogP contribution in [0.2, 0.25) is 0 Å². The van der Waals surface area contributed by atoms with Crippen molar-refractivity contribution in [1.29, 1.82) is 0 Å². The summed E-state index contributed by atoms with van der Waals surface area (Å²) in [5.41, 5.74) is 2.06. The van der Waals surface area contributed by atoms with Crippen LogP contribution in [-0.2, 0) is 0 Å². The lowest BCUT2D eigenvalue weighted by molar-refractivity contribution is 0.466. The van der Waals surface area contributed by atoms with Crippen LogP contribution in [0.3, 0.4) is 0 Å². The molecular formula is C11H10BrNOS. The van der Waals surface area contributed by atoms with Gasteiger partial charge >= 0.3 is 0 Å². The predicted octanol–water partition coefficient (Wildman–Crippen LogP) is 3.95. The molecule has 1 fully saturated rings. The second kappa shape index (κ2) is 3.19. The Morgan fingerprint density at radius 2 is 2.27 bits per heavy atom. The van der Waals surface area contributed by atoms with Crippen LogP contribution in [0.4, 0.5) is 0 Å². The molecule has 1 N–H and O–H groups in total. The molecule has 1 saturated carbocycles. The summed E-state index contributed by atoms with van der Waals surface area (Å²) in [6.45, 7) is 1.99. The third-order valence-corrected chi connectivity index (χ3v) is 4.79. The lowest BCUT2D eigenvalue weighted by Gasteiger charge is -2.05. The van der Waals surface area contributed by atoms with Gasteiger partial charge in [0.2, 0.25) is 0 Å². The molecule has 1 aliphatic rings. The van der Waals surface area contributed by atoms with Gasteiger partial charge in [-0.2, -0.15) is 0 Å². The molecule has 1 aromatic heterocycles. The van der Waals surface area contributed by atoms with Gasteiger partial charge in [-0.05, 0) is 47.7 Å². The first kappa shape index (κ1) is 9.60. The molecule has 3 rings (SSSR count). The Morgan fingerprint density at radius 1 is 1.53 bits per heavy atom. The number of phenolic OH excluding ortho intramolecular Hbond substituents is 1. The van der Waals surface area contributed by atoms with Crippen molar-refractivity contribution in [3.63, 3.8) is 0 Å². The summed E-state index contributed by atoms with van der Waals surface area (Å²) in [7, 11) is 0. The molecule has 0 aliphatic heterocycles. The Balaban J connectivity index is 2.33. The zero-order valence-electron chi connectivity index (χ0n) is 8.25. The number of rotatable bonds is 1. The second-order valence-corrected chi connectivity index (χ2v) is 5.98. The molecular weight excluding hydrogens is 274 g/mol. The standard InChI is InChI=1S/C11H10BrNOS/c1-5-13-8-4-7(6-2-3-6)10(14)9(12)11(8)15-5/h4,6,14H,2-3H2,1H3. The summed E-state index contributed by atoms with van der Waals surface area (Å²) in [6, 6.07) is 2.04. The van der Waals surface area contributed by atoms with E-state index in [0.717, 1.165) is 25.3 Å². The highest BCUT2D eigenvalue weighted by Crippen LogP contribution is 2.49. The Kier molecular flexibility index (Phi) is 2.04. The maximum Gasteiger partial charge on any atom is 0.134 e. The van der Waals surface area contributed by atoms with Gasteiger partial charge in [-0.1, -0.05) is 0 Å². The lowest BCUT2D eigenvalue weighted by atomic mass is 10.1. The second-order valence-electron chi connectivity index (χ2n) is 3.98. The number of phenols is 1. The van der Waals surface area contributed by atoms with E-state index in [1.807, 2.05) is 13.0 Å². The van der Waals surface area contributed by atoms with Crippen LogP contribution in [-0.4, -0.2) is 10.1 Å². The number of fused-ring (bicyclic) bond motifs is 1. The normalized spacial score (nSPS) is 16.1. The van der Waals surface area contributed by atoms with Crippen molar-refractivity contribution in [2.24, 2.45) is 0 Å². The minimum absolute atomic E-state index is 0.411. The molecule has 0 unspecified atom stereocenters. The lowest BCUT2D eigenvalue weighted by Crippen LogP contribution is -1.83. The quantitative estimate of drug-likeness (QED) is 0.860. The summed E-state index contributed by atoms with van der Waals surface area (Å²) in [5, 5.41) is 11.1. The molecule has 2 aromatic rings. The third kappa shape index (κ3) is 1.47. The Bertz CT molecular complexity index is 545. The summed E-state index contributed by atoms with van der Waals surface area (Å²) in [5.74, 6) is 0.960. The molecule has 2 nitrogen and oxygen atoms in total. The molecule has 0 saturated heterocycles. The van der Waals surface area contributed by atoms with Crippen LogP contribution in [0, 0.1) is 6.92 Å². The minimum Gasteiger partial charge on any atom is -0.506 e. The Morgan fingerprint density at radius 3 is 2.93 bits per heavy atom. The van der Waals surface area contributed by atoms with Crippen molar-refractivity contribution in [3.05, 3.63) is 21.1 Å². The van der Waals surface area contributed by atoms with Crippen molar-refractivity contribution in [1.82, 2.24) is 4.98 Å². The fourth-order valence-electron chi connectivity index (χ4n) is 1.85. The molecule has 1 aromatic carbocycles. The first-order chi connectivity index (χ1) is 7.16. The van der Waals surface area contributed by atoms with E-state index in [0.29, 0.717) is 11.7 Å². The van der Waals surface area contributed by atoms with Crippen LogP contribution in [0.25, 0.3) is 10.2 Å². The first-order valence-electron chi connectivity index (χ1n) is 4.95. The summed E-state index contributed by atoms with van der Waals surface area (Å²) >= 11 is 5.08. The number of benzene rings is 1. The van der Waals surface area contributed by atoms with Gasteiger partial charge in [0.25, 0.3) is 0 Å². The summed E-state index contributed by atoms with van der Waals surface area (Å²) in [4.78, 5) is 4.46. The van der Waals surface area contributed by atoms with E-state index in [1.54, 1.807) is 11.3 Å². The number of halogens is 1. The van der Waals surface area contributed by atoms with Gasteiger partial charge in [-0.3, -0.25) is 0 Å². The third-order valence-electron chi connectivity index (χ3n) is 2.75. The van der Waals surface area contributed by atoms with Crippen LogP contribution in [0.1, 0.15) is 29.3 Å². The highest BCUT2D eigenvalue weighted by atomic mass is 79.9. The molecule has 4 heteroatoms. The number of nitrogens with zero attached hydrogens (tertiary/aromatic N) is 1. The van der Waals surface area contributed by atoms with E-state index in [-0.39, 0.29) is 0 Å². The van der Waals surface area contributed by atoms with E-state index in [1.165, 1.54) is 12.8 Å². The predicted molar refractivity (Wildman–Crippen MR) is 65.7 cm³/mol. The van der Waals surface area contributed by atoms with Gasteiger partial charge in [0.05, 0.1) is 19.7 Å². The van der Waals surface area contributed by atoms with Crippen molar-refractivity contribution >= 4 is 37.5 Å². The zero-order valence-corrected chi connectivity index (χ0v) is 10.7. The van der Waals surface area contributed by atoms with Gasteiger partial charge in [-0.25, -0.2) is 4.98 Å². The largest absolute Gasteiger partial charge is 0.506 e. The molecule has 1 aliphatic carbocycles. The van der Waals surface area contributed by atoms with Crippen LogP contribution in [0.5, 0.6) is 5.75 Å². The highest BCUT2D eigenvalue weighted by Gasteiger charge is 2.28. The summed E-state index contributed by atoms with van der Waals surface area (Å²) < 4.78 is 1.86. The van der Waals surface area contributed by atoms with Crippen molar-refractivity contribution in [3.8, 4) is 5.75 Å². The molecule has 0 bridgehead atoms. The number of thiazole rings is 1. The molecule has 0 atom stereocenters. The SMILES string of the molecule is Cc1nc2cc(C3CC3)c(O)c(Br)c2s1.